The molecule has 1 heterocycles. The Kier molecular flexibility index (Phi) is 5.55. The fourth-order valence-corrected chi connectivity index (χ4v) is 3.57. The lowest BCUT2D eigenvalue weighted by Crippen LogP contribution is -2.33. The number of hydrogen-bond acceptors (Lipinski definition) is 6. The van der Waals surface area contributed by atoms with Crippen LogP contribution in [0, 0.1) is 13.8 Å². The molecule has 25 heavy (non-hydrogen) atoms. The molecule has 10 heteroatoms. The maximum absolute atomic E-state index is 12.3. The van der Waals surface area contributed by atoms with Gasteiger partial charge in [-0.15, -0.1) is 0 Å². The number of sulfonamides is 1. The molecule has 0 fully saturated rings. The molecule has 0 saturated carbocycles. The number of nitrogens with zero attached hydrogens (tertiary/aromatic N) is 1. The van der Waals surface area contributed by atoms with Crippen molar-refractivity contribution in [1.82, 2.24) is 14.9 Å². The van der Waals surface area contributed by atoms with E-state index in [9.17, 15) is 18.0 Å². The fourth-order valence-electron chi connectivity index (χ4n) is 2.22. The standard InChI is InChI=1S/C15H18N4O5S/c1-9-14(10(2)19-18-9)25(22,23)16-8-13(20)17-12-6-4-5-11(7-12)15(21)24-3/h4-7,16H,8H2,1-3H3,(H,17,20)(H,18,19). The van der Waals surface area contributed by atoms with Gasteiger partial charge >= 0.3 is 5.97 Å². The van der Waals surface area contributed by atoms with E-state index in [2.05, 4.69) is 25.0 Å². The molecule has 0 unspecified atom stereocenters. The number of methoxy groups -OCH3 is 1. The average Bonchev–Trinajstić information content (AvgIpc) is 2.92. The summed E-state index contributed by atoms with van der Waals surface area (Å²) in [6.07, 6.45) is 0. The van der Waals surface area contributed by atoms with Gasteiger partial charge in [0.05, 0.1) is 30.6 Å². The van der Waals surface area contributed by atoms with Crippen LogP contribution in [0.1, 0.15) is 21.7 Å². The van der Waals surface area contributed by atoms with Gasteiger partial charge in [-0.3, -0.25) is 9.89 Å². The van der Waals surface area contributed by atoms with Gasteiger partial charge in [-0.05, 0) is 32.0 Å². The number of rotatable bonds is 6. The molecule has 1 aromatic heterocycles. The number of carbonyl (C=O) groups excluding carboxylic acids is 2. The molecule has 2 aromatic rings. The number of esters is 1. The average molecular weight is 366 g/mol. The van der Waals surface area contributed by atoms with E-state index >= 15 is 0 Å². The molecular formula is C15H18N4O5S. The highest BCUT2D eigenvalue weighted by atomic mass is 32.2. The van der Waals surface area contributed by atoms with Crippen molar-refractivity contribution < 1.29 is 22.7 Å². The predicted octanol–water partition coefficient (Wildman–Crippen LogP) is 0.730. The second-order valence-corrected chi connectivity index (χ2v) is 6.91. The zero-order chi connectivity index (χ0) is 18.6. The first-order chi connectivity index (χ1) is 11.7. The molecule has 0 spiro atoms. The summed E-state index contributed by atoms with van der Waals surface area (Å²) in [6, 6.07) is 6.12. The highest BCUT2D eigenvalue weighted by Gasteiger charge is 2.22. The summed E-state index contributed by atoms with van der Waals surface area (Å²) >= 11 is 0. The Hall–Kier alpha value is -2.72. The van der Waals surface area contributed by atoms with Crippen LogP contribution in [0.4, 0.5) is 5.69 Å². The van der Waals surface area contributed by atoms with Gasteiger partial charge in [0.2, 0.25) is 15.9 Å². The lowest BCUT2D eigenvalue weighted by Gasteiger charge is -2.09. The number of amides is 1. The first-order valence-electron chi connectivity index (χ1n) is 7.24. The van der Waals surface area contributed by atoms with Gasteiger partial charge < -0.3 is 10.1 Å². The largest absolute Gasteiger partial charge is 0.465 e. The summed E-state index contributed by atoms with van der Waals surface area (Å²) in [5.74, 6) is -1.12. The summed E-state index contributed by atoms with van der Waals surface area (Å²) in [5.41, 5.74) is 1.32. The molecule has 0 saturated heterocycles. The van der Waals surface area contributed by atoms with Crippen LogP contribution in [0.25, 0.3) is 0 Å². The van der Waals surface area contributed by atoms with Crippen LogP contribution in [-0.4, -0.2) is 44.1 Å². The van der Waals surface area contributed by atoms with Crippen LogP contribution in [0.2, 0.25) is 0 Å². The van der Waals surface area contributed by atoms with Gasteiger partial charge in [-0.1, -0.05) is 6.07 Å². The first-order valence-corrected chi connectivity index (χ1v) is 8.72. The Labute approximate surface area is 144 Å². The molecule has 0 aliphatic heterocycles. The molecule has 2 rings (SSSR count). The third-order valence-corrected chi connectivity index (χ3v) is 4.98. The Balaban J connectivity index is 2.03. The van der Waals surface area contributed by atoms with Crippen LogP contribution in [0.3, 0.4) is 0 Å². The quantitative estimate of drug-likeness (QED) is 0.646. The highest BCUT2D eigenvalue weighted by molar-refractivity contribution is 7.89. The third kappa shape index (κ3) is 4.43. The van der Waals surface area contributed by atoms with Crippen molar-refractivity contribution in [2.45, 2.75) is 18.7 Å². The Bertz CT molecular complexity index is 885. The Morgan fingerprint density at radius 3 is 2.60 bits per heavy atom. The zero-order valence-corrected chi connectivity index (χ0v) is 14.7. The van der Waals surface area contributed by atoms with Crippen LogP contribution in [-0.2, 0) is 19.6 Å². The molecule has 0 aliphatic rings. The van der Waals surface area contributed by atoms with Gasteiger partial charge in [0.25, 0.3) is 0 Å². The highest BCUT2D eigenvalue weighted by Crippen LogP contribution is 2.16. The molecule has 9 nitrogen and oxygen atoms in total. The number of ether oxygens (including phenoxy) is 1. The van der Waals surface area contributed by atoms with E-state index < -0.39 is 28.4 Å². The number of benzene rings is 1. The number of nitrogens with one attached hydrogen (secondary N) is 3. The number of H-pyrrole nitrogens is 1. The molecular weight excluding hydrogens is 348 g/mol. The van der Waals surface area contributed by atoms with Crippen molar-refractivity contribution in [3.05, 3.63) is 41.2 Å². The minimum atomic E-state index is -3.87. The van der Waals surface area contributed by atoms with E-state index in [0.29, 0.717) is 17.1 Å². The second-order valence-electron chi connectivity index (χ2n) is 5.21. The van der Waals surface area contributed by atoms with Crippen molar-refractivity contribution in [3.8, 4) is 0 Å². The summed E-state index contributed by atoms with van der Waals surface area (Å²) in [4.78, 5) is 23.5. The van der Waals surface area contributed by atoms with Crippen molar-refractivity contribution in [2.75, 3.05) is 19.0 Å². The molecule has 0 radical (unpaired) electrons. The molecule has 0 aliphatic carbocycles. The lowest BCUT2D eigenvalue weighted by molar-refractivity contribution is -0.115. The van der Waals surface area contributed by atoms with E-state index in [0.717, 1.165) is 0 Å². The van der Waals surface area contributed by atoms with Gasteiger partial charge in [0.15, 0.2) is 0 Å². The third-order valence-electron chi connectivity index (χ3n) is 3.32. The molecule has 1 amide bonds. The smallest absolute Gasteiger partial charge is 0.337 e. The number of aryl methyl sites for hydroxylation is 2. The van der Waals surface area contributed by atoms with E-state index in [1.165, 1.54) is 19.2 Å². The van der Waals surface area contributed by atoms with Crippen molar-refractivity contribution in [1.29, 1.82) is 0 Å². The molecule has 0 atom stereocenters. The van der Waals surface area contributed by atoms with Gasteiger partial charge in [0, 0.05) is 5.69 Å². The lowest BCUT2D eigenvalue weighted by atomic mass is 10.2. The molecule has 3 N–H and O–H groups in total. The molecule has 1 aromatic carbocycles. The van der Waals surface area contributed by atoms with Crippen molar-refractivity contribution >= 4 is 27.6 Å². The van der Waals surface area contributed by atoms with Crippen LogP contribution in [0.5, 0.6) is 0 Å². The normalized spacial score (nSPS) is 11.2. The Morgan fingerprint density at radius 1 is 1.28 bits per heavy atom. The minimum absolute atomic E-state index is 0.0213. The fraction of sp³-hybridized carbons (Fsp3) is 0.267. The topological polar surface area (TPSA) is 130 Å². The maximum atomic E-state index is 12.3. The number of carbonyl (C=O) groups is 2. The first kappa shape index (κ1) is 18.6. The van der Waals surface area contributed by atoms with E-state index in [1.54, 1.807) is 26.0 Å². The van der Waals surface area contributed by atoms with Gasteiger partial charge in [-0.2, -0.15) is 5.10 Å². The Morgan fingerprint density at radius 2 is 2.00 bits per heavy atom. The van der Waals surface area contributed by atoms with E-state index in [4.69, 9.17) is 0 Å². The summed E-state index contributed by atoms with van der Waals surface area (Å²) in [6.45, 7) is 2.66. The van der Waals surface area contributed by atoms with E-state index in [-0.39, 0.29) is 10.5 Å². The predicted molar refractivity (Wildman–Crippen MR) is 89.7 cm³/mol. The second kappa shape index (κ2) is 7.45. The molecule has 134 valence electrons. The monoisotopic (exact) mass is 366 g/mol. The van der Waals surface area contributed by atoms with Gasteiger partial charge in [0.1, 0.15) is 4.90 Å². The van der Waals surface area contributed by atoms with E-state index in [1.807, 2.05) is 0 Å². The minimum Gasteiger partial charge on any atom is -0.465 e. The summed E-state index contributed by atoms with van der Waals surface area (Å²) in [5, 5.41) is 8.91. The molecule has 0 bridgehead atoms. The summed E-state index contributed by atoms with van der Waals surface area (Å²) < 4.78 is 31.3. The summed E-state index contributed by atoms with van der Waals surface area (Å²) in [7, 11) is -2.62. The van der Waals surface area contributed by atoms with Crippen molar-refractivity contribution in [3.63, 3.8) is 0 Å². The number of anilines is 1. The van der Waals surface area contributed by atoms with Gasteiger partial charge in [-0.25, -0.2) is 17.9 Å². The number of aromatic nitrogens is 2. The SMILES string of the molecule is COC(=O)c1cccc(NC(=O)CNS(=O)(=O)c2c(C)n[nH]c2C)c1. The number of aromatic amines is 1. The van der Waals surface area contributed by atoms with Crippen LogP contribution < -0.4 is 10.0 Å². The zero-order valence-electron chi connectivity index (χ0n) is 13.9. The van der Waals surface area contributed by atoms with Crippen LogP contribution >= 0.6 is 0 Å². The van der Waals surface area contributed by atoms with Crippen LogP contribution in [0.15, 0.2) is 29.2 Å². The van der Waals surface area contributed by atoms with Crippen molar-refractivity contribution in [2.24, 2.45) is 0 Å². The number of hydrogen-bond donors (Lipinski definition) is 3. The maximum Gasteiger partial charge on any atom is 0.337 e.